The zero-order valence-corrected chi connectivity index (χ0v) is 9.23. The number of rotatable bonds is 2. The van der Waals surface area contributed by atoms with Crippen LogP contribution in [0.15, 0.2) is 24.5 Å². The van der Waals surface area contributed by atoms with Crippen molar-refractivity contribution in [3.8, 4) is 11.1 Å². The van der Waals surface area contributed by atoms with Crippen LogP contribution in [0.3, 0.4) is 0 Å². The average Bonchev–Trinajstić information content (AvgIpc) is 2.34. The van der Waals surface area contributed by atoms with Crippen molar-refractivity contribution in [2.24, 2.45) is 0 Å². The van der Waals surface area contributed by atoms with E-state index < -0.39 is 39.3 Å². The second kappa shape index (κ2) is 4.56. The average molecular weight is 269 g/mol. The van der Waals surface area contributed by atoms with Crippen molar-refractivity contribution in [2.45, 2.75) is 0 Å². The van der Waals surface area contributed by atoms with Gasteiger partial charge in [-0.15, -0.1) is 0 Å². The summed E-state index contributed by atoms with van der Waals surface area (Å²) in [6, 6.07) is 1.05. The maximum absolute atomic E-state index is 13.6. The van der Waals surface area contributed by atoms with Crippen molar-refractivity contribution in [1.29, 1.82) is 0 Å². The summed E-state index contributed by atoms with van der Waals surface area (Å²) in [5.41, 5.74) is 3.74. The van der Waals surface area contributed by atoms with Crippen LogP contribution in [-0.4, -0.2) is 9.91 Å². The fraction of sp³-hybridized carbons (Fsp3) is 0. The first kappa shape index (κ1) is 12.8. The Morgan fingerprint density at radius 1 is 1.16 bits per heavy atom. The molecule has 1 aromatic carbocycles. The molecule has 2 aromatic rings. The van der Waals surface area contributed by atoms with Crippen LogP contribution in [0.2, 0.25) is 0 Å². The van der Waals surface area contributed by atoms with Crippen molar-refractivity contribution in [2.75, 3.05) is 5.73 Å². The molecule has 98 valence electrons. The summed E-state index contributed by atoms with van der Waals surface area (Å²) in [6.07, 6.45) is 1.87. The molecule has 8 heteroatoms. The molecule has 0 saturated heterocycles. The topological polar surface area (TPSA) is 82.0 Å². The monoisotopic (exact) mass is 269 g/mol. The molecule has 1 aromatic heterocycles. The third-order valence-electron chi connectivity index (χ3n) is 2.45. The van der Waals surface area contributed by atoms with Gasteiger partial charge in [-0.3, -0.25) is 15.1 Å². The summed E-state index contributed by atoms with van der Waals surface area (Å²) in [7, 11) is 0. The van der Waals surface area contributed by atoms with E-state index in [4.69, 9.17) is 5.73 Å². The fourth-order valence-corrected chi connectivity index (χ4v) is 1.57. The largest absolute Gasteiger partial charge is 0.393 e. The zero-order chi connectivity index (χ0) is 14.2. The van der Waals surface area contributed by atoms with E-state index >= 15 is 0 Å². The van der Waals surface area contributed by atoms with E-state index in [1.807, 2.05) is 0 Å². The van der Waals surface area contributed by atoms with E-state index in [0.29, 0.717) is 12.1 Å². The Morgan fingerprint density at radius 3 is 2.47 bits per heavy atom. The van der Waals surface area contributed by atoms with E-state index in [-0.39, 0.29) is 5.56 Å². The standard InChI is InChI=1S/C11H6F3N3O2/c12-5-1-6(10(14)8(13)2-5)7-3-16-4-9(11(7)15)17(18)19/h1-4H,(H2,15,16). The van der Waals surface area contributed by atoms with Crippen molar-refractivity contribution >= 4 is 11.4 Å². The maximum atomic E-state index is 13.6. The first-order chi connectivity index (χ1) is 8.91. The number of benzene rings is 1. The lowest BCUT2D eigenvalue weighted by Gasteiger charge is -2.07. The highest BCUT2D eigenvalue weighted by molar-refractivity contribution is 5.81. The second-order valence-electron chi connectivity index (χ2n) is 3.63. The predicted octanol–water partition coefficient (Wildman–Crippen LogP) is 2.66. The lowest BCUT2D eigenvalue weighted by atomic mass is 10.0. The lowest BCUT2D eigenvalue weighted by Crippen LogP contribution is -2.01. The van der Waals surface area contributed by atoms with Gasteiger partial charge in [-0.05, 0) is 6.07 Å². The molecule has 19 heavy (non-hydrogen) atoms. The number of anilines is 1. The van der Waals surface area contributed by atoms with Gasteiger partial charge in [0.25, 0.3) is 0 Å². The number of nitrogen functional groups attached to an aromatic ring is 1. The quantitative estimate of drug-likeness (QED) is 0.516. The Morgan fingerprint density at radius 2 is 1.84 bits per heavy atom. The van der Waals surface area contributed by atoms with E-state index in [9.17, 15) is 23.3 Å². The molecule has 0 atom stereocenters. The van der Waals surface area contributed by atoms with Gasteiger partial charge < -0.3 is 5.73 Å². The summed E-state index contributed by atoms with van der Waals surface area (Å²) in [5, 5.41) is 10.7. The molecule has 0 aliphatic carbocycles. The minimum Gasteiger partial charge on any atom is -0.393 e. The summed E-state index contributed by atoms with van der Waals surface area (Å²) in [5.74, 6) is -3.80. The smallest absolute Gasteiger partial charge is 0.310 e. The third kappa shape index (κ3) is 2.19. The Kier molecular flexibility index (Phi) is 3.07. The van der Waals surface area contributed by atoms with Crippen LogP contribution in [0.5, 0.6) is 0 Å². The minimum atomic E-state index is -1.42. The molecule has 0 aliphatic heterocycles. The zero-order valence-electron chi connectivity index (χ0n) is 9.23. The molecule has 0 fully saturated rings. The van der Waals surface area contributed by atoms with Gasteiger partial charge in [0, 0.05) is 23.4 Å². The highest BCUT2D eigenvalue weighted by Gasteiger charge is 2.21. The van der Waals surface area contributed by atoms with Gasteiger partial charge in [0.1, 0.15) is 17.7 Å². The molecular weight excluding hydrogens is 263 g/mol. The first-order valence-electron chi connectivity index (χ1n) is 4.94. The van der Waals surface area contributed by atoms with Gasteiger partial charge in [-0.2, -0.15) is 0 Å². The third-order valence-corrected chi connectivity index (χ3v) is 2.45. The molecule has 0 aliphatic rings. The number of hydrogen-bond donors (Lipinski definition) is 1. The number of nitro groups is 1. The van der Waals surface area contributed by atoms with Gasteiger partial charge in [0.2, 0.25) is 0 Å². The minimum absolute atomic E-state index is 0.245. The van der Waals surface area contributed by atoms with Crippen LogP contribution in [0.25, 0.3) is 11.1 Å². The van der Waals surface area contributed by atoms with Crippen LogP contribution in [0.1, 0.15) is 0 Å². The molecule has 0 spiro atoms. The second-order valence-corrected chi connectivity index (χ2v) is 3.63. The van der Waals surface area contributed by atoms with Crippen LogP contribution >= 0.6 is 0 Å². The van der Waals surface area contributed by atoms with Crippen molar-refractivity contribution < 1.29 is 18.1 Å². The Hall–Kier alpha value is -2.64. The molecular formula is C11H6F3N3O2. The van der Waals surface area contributed by atoms with Gasteiger partial charge in [0.15, 0.2) is 11.6 Å². The highest BCUT2D eigenvalue weighted by Crippen LogP contribution is 2.34. The van der Waals surface area contributed by atoms with Crippen molar-refractivity contribution in [1.82, 2.24) is 4.98 Å². The lowest BCUT2D eigenvalue weighted by molar-refractivity contribution is -0.384. The first-order valence-corrected chi connectivity index (χ1v) is 4.94. The van der Waals surface area contributed by atoms with E-state index in [1.54, 1.807) is 0 Å². The summed E-state index contributed by atoms with van der Waals surface area (Å²) >= 11 is 0. The van der Waals surface area contributed by atoms with Gasteiger partial charge in [-0.25, -0.2) is 13.2 Å². The number of aromatic nitrogens is 1. The van der Waals surface area contributed by atoms with E-state index in [0.717, 1.165) is 12.4 Å². The normalized spacial score (nSPS) is 10.5. The van der Waals surface area contributed by atoms with Gasteiger partial charge in [0.05, 0.1) is 4.92 Å². The van der Waals surface area contributed by atoms with Gasteiger partial charge >= 0.3 is 5.69 Å². The molecule has 1 heterocycles. The van der Waals surface area contributed by atoms with Crippen LogP contribution in [0.4, 0.5) is 24.5 Å². The Bertz CT molecular complexity index is 676. The summed E-state index contributed by atoms with van der Waals surface area (Å²) in [4.78, 5) is 13.4. The molecule has 5 nitrogen and oxygen atoms in total. The van der Waals surface area contributed by atoms with E-state index in [1.165, 1.54) is 0 Å². The molecule has 0 unspecified atom stereocenters. The molecule has 0 saturated carbocycles. The Balaban J connectivity index is 2.73. The van der Waals surface area contributed by atoms with Crippen LogP contribution in [0, 0.1) is 27.6 Å². The highest BCUT2D eigenvalue weighted by atomic mass is 19.2. The van der Waals surface area contributed by atoms with E-state index in [2.05, 4.69) is 4.98 Å². The van der Waals surface area contributed by atoms with Gasteiger partial charge in [-0.1, -0.05) is 0 Å². The number of nitrogens with zero attached hydrogens (tertiary/aromatic N) is 2. The molecule has 0 amide bonds. The fourth-order valence-electron chi connectivity index (χ4n) is 1.57. The predicted molar refractivity (Wildman–Crippen MR) is 60.6 cm³/mol. The molecule has 0 bridgehead atoms. The number of nitrogens with two attached hydrogens (primary N) is 1. The maximum Gasteiger partial charge on any atom is 0.310 e. The molecule has 2 N–H and O–H groups in total. The number of halogens is 3. The summed E-state index contributed by atoms with van der Waals surface area (Å²) < 4.78 is 39.8. The number of pyridine rings is 1. The molecule has 0 radical (unpaired) electrons. The van der Waals surface area contributed by atoms with Crippen molar-refractivity contribution in [3.63, 3.8) is 0 Å². The van der Waals surface area contributed by atoms with Crippen LogP contribution < -0.4 is 5.73 Å². The SMILES string of the molecule is Nc1c(-c2cc(F)cc(F)c2F)cncc1[N+](=O)[O-]. The van der Waals surface area contributed by atoms with Crippen molar-refractivity contribution in [3.05, 3.63) is 52.1 Å². The molecule has 2 rings (SSSR count). The summed E-state index contributed by atoms with van der Waals surface area (Å²) in [6.45, 7) is 0. The number of hydrogen-bond acceptors (Lipinski definition) is 4. The van der Waals surface area contributed by atoms with Crippen LogP contribution in [-0.2, 0) is 0 Å². The Labute approximate surface area is 104 Å².